The van der Waals surface area contributed by atoms with E-state index in [0.29, 0.717) is 6.10 Å². The molecule has 0 amide bonds. The van der Waals surface area contributed by atoms with E-state index in [1.807, 2.05) is 7.11 Å². The topological polar surface area (TPSA) is 33.1 Å². The molecular formula is C22H31NO. The van der Waals surface area contributed by atoms with Crippen molar-refractivity contribution in [2.45, 2.75) is 76.7 Å². The Hall–Kier alpha value is -1.15. The van der Waals surface area contributed by atoms with Crippen LogP contribution >= 0.6 is 0 Å². The van der Waals surface area contributed by atoms with Crippen molar-refractivity contribution < 1.29 is 4.74 Å². The molecule has 0 aliphatic heterocycles. The zero-order valence-corrected chi connectivity index (χ0v) is 15.1. The van der Waals surface area contributed by atoms with Gasteiger partial charge in [-0.2, -0.15) is 0 Å². The fourth-order valence-electron chi connectivity index (χ4n) is 5.41. The van der Waals surface area contributed by atoms with E-state index in [2.05, 4.69) is 18.2 Å². The van der Waals surface area contributed by atoms with Crippen molar-refractivity contribution in [2.24, 2.45) is 11.3 Å². The molecule has 1 N–H and O–H groups in total. The van der Waals surface area contributed by atoms with Crippen molar-refractivity contribution in [2.75, 3.05) is 7.11 Å². The second-order valence-electron chi connectivity index (χ2n) is 8.47. The van der Waals surface area contributed by atoms with Gasteiger partial charge in [-0.25, -0.2) is 0 Å². The van der Waals surface area contributed by atoms with E-state index in [1.165, 1.54) is 55.2 Å². The lowest BCUT2D eigenvalue weighted by molar-refractivity contribution is 0.0467. The van der Waals surface area contributed by atoms with Gasteiger partial charge in [-0.05, 0) is 67.2 Å². The largest absolute Gasteiger partial charge is 0.381 e. The first kappa shape index (κ1) is 16.3. The number of hydrogen-bond acceptors (Lipinski definition) is 2. The Morgan fingerprint density at radius 2 is 1.83 bits per heavy atom. The van der Waals surface area contributed by atoms with Gasteiger partial charge in [-0.3, -0.25) is 0 Å². The molecule has 1 aromatic rings. The van der Waals surface area contributed by atoms with E-state index in [4.69, 9.17) is 10.1 Å². The summed E-state index contributed by atoms with van der Waals surface area (Å²) in [5.74, 6) is 0.874. The zero-order valence-electron chi connectivity index (χ0n) is 15.1. The van der Waals surface area contributed by atoms with E-state index in [9.17, 15) is 0 Å². The highest BCUT2D eigenvalue weighted by atomic mass is 16.5. The zero-order chi connectivity index (χ0) is 16.6. The second-order valence-corrected chi connectivity index (χ2v) is 8.47. The van der Waals surface area contributed by atoms with E-state index in [-0.39, 0.29) is 5.41 Å². The molecule has 2 heteroatoms. The minimum absolute atomic E-state index is 0.112. The van der Waals surface area contributed by atoms with Crippen LogP contribution in [0, 0.1) is 16.7 Å². The first-order chi connectivity index (χ1) is 11.7. The quantitative estimate of drug-likeness (QED) is 0.802. The Balaban J connectivity index is 1.50. The number of rotatable bonds is 3. The van der Waals surface area contributed by atoms with Gasteiger partial charge in [0.25, 0.3) is 0 Å². The maximum Gasteiger partial charge on any atom is 0.0572 e. The van der Waals surface area contributed by atoms with Crippen LogP contribution in [0.4, 0.5) is 0 Å². The summed E-state index contributed by atoms with van der Waals surface area (Å²) in [5, 5.41) is 8.87. The second kappa shape index (κ2) is 6.63. The van der Waals surface area contributed by atoms with Crippen LogP contribution in [-0.2, 0) is 17.6 Å². The summed E-state index contributed by atoms with van der Waals surface area (Å²) in [6, 6.07) is 7.04. The van der Waals surface area contributed by atoms with Crippen LogP contribution in [0.25, 0.3) is 0 Å². The van der Waals surface area contributed by atoms with Crippen LogP contribution in [0.2, 0.25) is 0 Å². The lowest BCUT2D eigenvalue weighted by Crippen LogP contribution is -2.35. The predicted molar refractivity (Wildman–Crippen MR) is 99.0 cm³/mol. The third-order valence-corrected chi connectivity index (χ3v) is 6.97. The van der Waals surface area contributed by atoms with Crippen LogP contribution in [0.1, 0.15) is 74.5 Å². The van der Waals surface area contributed by atoms with Crippen molar-refractivity contribution in [1.82, 2.24) is 0 Å². The fraction of sp³-hybridized carbons (Fsp3) is 0.682. The highest BCUT2D eigenvalue weighted by molar-refractivity contribution is 6.07. The van der Waals surface area contributed by atoms with Gasteiger partial charge in [0.2, 0.25) is 0 Å². The molecule has 1 aromatic carbocycles. The van der Waals surface area contributed by atoms with Gasteiger partial charge in [0.05, 0.1) is 6.10 Å². The maximum atomic E-state index is 8.87. The lowest BCUT2D eigenvalue weighted by atomic mass is 9.70. The predicted octanol–water partition coefficient (Wildman–Crippen LogP) is 5.31. The Morgan fingerprint density at radius 1 is 1.08 bits per heavy atom. The monoisotopic (exact) mass is 325 g/mol. The van der Waals surface area contributed by atoms with Crippen molar-refractivity contribution in [3.05, 3.63) is 34.9 Å². The number of ether oxygens (including phenoxy) is 1. The van der Waals surface area contributed by atoms with Gasteiger partial charge in [-0.15, -0.1) is 0 Å². The van der Waals surface area contributed by atoms with Gasteiger partial charge in [0.15, 0.2) is 0 Å². The van der Waals surface area contributed by atoms with Crippen LogP contribution < -0.4 is 0 Å². The van der Waals surface area contributed by atoms with Crippen molar-refractivity contribution in [3.63, 3.8) is 0 Å². The van der Waals surface area contributed by atoms with Gasteiger partial charge in [-0.1, -0.05) is 44.2 Å². The van der Waals surface area contributed by atoms with Gasteiger partial charge < -0.3 is 10.1 Å². The molecule has 4 rings (SSSR count). The van der Waals surface area contributed by atoms with E-state index < -0.39 is 0 Å². The first-order valence-electron chi connectivity index (χ1n) is 9.94. The van der Waals surface area contributed by atoms with E-state index in [1.54, 1.807) is 0 Å². The molecule has 0 unspecified atom stereocenters. The molecule has 0 bridgehead atoms. The van der Waals surface area contributed by atoms with Gasteiger partial charge in [0.1, 0.15) is 0 Å². The van der Waals surface area contributed by atoms with Crippen molar-refractivity contribution >= 4 is 5.71 Å². The van der Waals surface area contributed by atoms with Crippen LogP contribution in [0.5, 0.6) is 0 Å². The highest BCUT2D eigenvalue weighted by Gasteiger charge is 2.44. The Labute approximate surface area is 146 Å². The molecule has 24 heavy (non-hydrogen) atoms. The maximum absolute atomic E-state index is 8.87. The SMILES string of the molecule is COC1CCC2(CC1)Cc1ccc(CC3CCCCC3)cc1C2=N. The summed E-state index contributed by atoms with van der Waals surface area (Å²) in [5.41, 5.74) is 5.19. The number of methoxy groups -OCH3 is 1. The summed E-state index contributed by atoms with van der Waals surface area (Å²) in [4.78, 5) is 0. The molecule has 0 atom stereocenters. The Kier molecular flexibility index (Phi) is 4.51. The highest BCUT2D eigenvalue weighted by Crippen LogP contribution is 2.47. The molecule has 2 fully saturated rings. The Bertz CT molecular complexity index is 606. The minimum atomic E-state index is 0.112. The lowest BCUT2D eigenvalue weighted by Gasteiger charge is -2.36. The molecule has 0 heterocycles. The molecule has 3 aliphatic rings. The third-order valence-electron chi connectivity index (χ3n) is 6.97. The van der Waals surface area contributed by atoms with Crippen LogP contribution in [0.15, 0.2) is 18.2 Å². The number of nitrogens with one attached hydrogen (secondary N) is 1. The molecule has 0 radical (unpaired) electrons. The number of benzene rings is 1. The number of hydrogen-bond donors (Lipinski definition) is 1. The summed E-state index contributed by atoms with van der Waals surface area (Å²) >= 11 is 0. The first-order valence-corrected chi connectivity index (χ1v) is 9.94. The molecule has 0 aromatic heterocycles. The van der Waals surface area contributed by atoms with Crippen molar-refractivity contribution in [1.29, 1.82) is 5.41 Å². The molecule has 2 nitrogen and oxygen atoms in total. The average Bonchev–Trinajstić information content (AvgIpc) is 2.89. The molecule has 3 aliphatic carbocycles. The molecule has 2 saturated carbocycles. The molecule has 1 spiro atoms. The smallest absolute Gasteiger partial charge is 0.0572 e. The van der Waals surface area contributed by atoms with Crippen LogP contribution in [-0.4, -0.2) is 18.9 Å². The summed E-state index contributed by atoms with van der Waals surface area (Å²) < 4.78 is 5.54. The summed E-state index contributed by atoms with van der Waals surface area (Å²) in [7, 11) is 1.83. The normalized spacial score (nSPS) is 30.7. The molecule has 130 valence electrons. The summed E-state index contributed by atoms with van der Waals surface area (Å²) in [6.07, 6.45) is 14.2. The van der Waals surface area contributed by atoms with Crippen molar-refractivity contribution in [3.8, 4) is 0 Å². The van der Waals surface area contributed by atoms with Gasteiger partial charge in [0, 0.05) is 18.2 Å². The average molecular weight is 325 g/mol. The standard InChI is InChI=1S/C22H31NO/c1-24-19-9-11-22(12-10-19)15-18-8-7-17(14-20(18)21(22)23)13-16-5-3-2-4-6-16/h7-8,14,16,19,23H,2-6,9-13,15H2,1H3. The fourth-order valence-corrected chi connectivity index (χ4v) is 5.41. The minimum Gasteiger partial charge on any atom is -0.381 e. The number of fused-ring (bicyclic) bond motifs is 1. The molecule has 0 saturated heterocycles. The van der Waals surface area contributed by atoms with Gasteiger partial charge >= 0.3 is 0 Å². The van der Waals surface area contributed by atoms with E-state index >= 15 is 0 Å². The third kappa shape index (κ3) is 2.94. The summed E-state index contributed by atoms with van der Waals surface area (Å²) in [6.45, 7) is 0. The molecular weight excluding hydrogens is 294 g/mol. The van der Waals surface area contributed by atoms with E-state index in [0.717, 1.165) is 43.7 Å². The Morgan fingerprint density at radius 3 is 2.54 bits per heavy atom. The van der Waals surface area contributed by atoms with Crippen LogP contribution in [0.3, 0.4) is 0 Å².